The lowest BCUT2D eigenvalue weighted by molar-refractivity contribution is 0.102. The topological polar surface area (TPSA) is 121 Å². The summed E-state index contributed by atoms with van der Waals surface area (Å²) in [6.07, 6.45) is 0. The van der Waals surface area contributed by atoms with E-state index in [9.17, 15) is 21.6 Å². The van der Waals surface area contributed by atoms with Gasteiger partial charge in [0.05, 0.1) is 20.5 Å². The van der Waals surface area contributed by atoms with Crippen LogP contribution in [0.4, 0.5) is 17.1 Å². The molecule has 0 saturated carbocycles. The van der Waals surface area contributed by atoms with Crippen LogP contribution in [-0.4, -0.2) is 22.7 Å². The molecule has 0 heterocycles. The lowest BCUT2D eigenvalue weighted by Crippen LogP contribution is -2.15. The third-order valence-corrected chi connectivity index (χ3v) is 8.80. The summed E-state index contributed by atoms with van der Waals surface area (Å²) in [7, 11) is -7.67. The maximum absolute atomic E-state index is 12.7. The molecule has 0 fully saturated rings. The molecule has 4 rings (SSSR count). The highest BCUT2D eigenvalue weighted by Crippen LogP contribution is 2.27. The third kappa shape index (κ3) is 6.34. The van der Waals surface area contributed by atoms with Gasteiger partial charge in [-0.2, -0.15) is 0 Å². The number of hydrogen-bond donors (Lipinski definition) is 3. The van der Waals surface area contributed by atoms with Gasteiger partial charge in [-0.15, -0.1) is 0 Å². The highest BCUT2D eigenvalue weighted by Gasteiger charge is 2.18. The van der Waals surface area contributed by atoms with E-state index < -0.39 is 26.0 Å². The second kappa shape index (κ2) is 10.9. The lowest BCUT2D eigenvalue weighted by atomic mass is 10.1. The molecule has 196 valence electrons. The lowest BCUT2D eigenvalue weighted by Gasteiger charge is -2.12. The molecule has 0 aromatic heterocycles. The largest absolute Gasteiger partial charge is 0.322 e. The Labute approximate surface area is 226 Å². The monoisotopic (exact) mass is 569 g/mol. The van der Waals surface area contributed by atoms with Crippen molar-refractivity contribution in [3.63, 3.8) is 0 Å². The first-order chi connectivity index (χ1) is 17.9. The molecule has 0 aliphatic carbocycles. The number of sulfonamides is 2. The molecule has 1 amide bonds. The molecule has 0 aliphatic rings. The van der Waals surface area contributed by atoms with Crippen molar-refractivity contribution < 1.29 is 21.6 Å². The zero-order valence-electron chi connectivity index (χ0n) is 20.4. The number of amides is 1. The zero-order valence-corrected chi connectivity index (χ0v) is 22.8. The van der Waals surface area contributed by atoms with Crippen LogP contribution in [0.5, 0.6) is 0 Å². The van der Waals surface area contributed by atoms with Gasteiger partial charge in [-0.3, -0.25) is 14.2 Å². The van der Waals surface area contributed by atoms with Crippen LogP contribution in [0.25, 0.3) is 0 Å². The average molecular weight is 570 g/mol. The summed E-state index contributed by atoms with van der Waals surface area (Å²) < 4.78 is 55.5. The molecular formula is C27H24ClN3O5S2. The summed E-state index contributed by atoms with van der Waals surface area (Å²) in [6.45, 7) is 3.84. The van der Waals surface area contributed by atoms with Crippen molar-refractivity contribution in [2.45, 2.75) is 23.6 Å². The van der Waals surface area contributed by atoms with Gasteiger partial charge in [-0.25, -0.2) is 16.8 Å². The van der Waals surface area contributed by atoms with Crippen LogP contribution in [0.15, 0.2) is 101 Å². The van der Waals surface area contributed by atoms with E-state index in [2.05, 4.69) is 14.8 Å². The van der Waals surface area contributed by atoms with Gasteiger partial charge in [0, 0.05) is 16.9 Å². The van der Waals surface area contributed by atoms with Crippen LogP contribution in [0, 0.1) is 13.8 Å². The Morgan fingerprint density at radius 3 is 1.89 bits per heavy atom. The van der Waals surface area contributed by atoms with E-state index in [1.54, 1.807) is 30.3 Å². The first kappa shape index (κ1) is 27.2. The van der Waals surface area contributed by atoms with Crippen LogP contribution in [0.1, 0.15) is 21.5 Å². The number of nitrogens with one attached hydrogen (secondary N) is 3. The van der Waals surface area contributed by atoms with Gasteiger partial charge in [0.2, 0.25) is 0 Å². The minimum Gasteiger partial charge on any atom is -0.322 e. The predicted molar refractivity (Wildman–Crippen MR) is 150 cm³/mol. The van der Waals surface area contributed by atoms with E-state index in [0.29, 0.717) is 11.4 Å². The maximum Gasteiger partial charge on any atom is 0.261 e. The molecule has 0 radical (unpaired) electrons. The highest BCUT2D eigenvalue weighted by molar-refractivity contribution is 7.93. The number of benzene rings is 4. The summed E-state index contributed by atoms with van der Waals surface area (Å²) in [5.74, 6) is -0.506. The molecule has 0 unspecified atom stereocenters. The number of rotatable bonds is 8. The van der Waals surface area contributed by atoms with Gasteiger partial charge in [0.15, 0.2) is 0 Å². The Bertz CT molecular complexity index is 1710. The van der Waals surface area contributed by atoms with Gasteiger partial charge in [-0.05, 0) is 91.7 Å². The van der Waals surface area contributed by atoms with Crippen molar-refractivity contribution in [3.05, 3.63) is 113 Å². The van der Waals surface area contributed by atoms with Crippen LogP contribution in [0.3, 0.4) is 0 Å². The van der Waals surface area contributed by atoms with Crippen LogP contribution in [-0.2, 0) is 20.0 Å². The fraction of sp³-hybridized carbons (Fsp3) is 0.0741. The van der Waals surface area contributed by atoms with E-state index in [4.69, 9.17) is 11.6 Å². The Kier molecular flexibility index (Phi) is 7.77. The summed E-state index contributed by atoms with van der Waals surface area (Å²) in [5, 5.41) is 2.71. The van der Waals surface area contributed by atoms with Gasteiger partial charge >= 0.3 is 0 Å². The second-order valence-corrected chi connectivity index (χ2v) is 12.3. The van der Waals surface area contributed by atoms with Crippen molar-refractivity contribution in [1.29, 1.82) is 0 Å². The summed E-state index contributed by atoms with van der Waals surface area (Å²) >= 11 is 6.25. The standard InChI is InChI=1S/C27H24ClN3O5S2/c1-18-8-10-22(16-19(18)2)30-37(33,34)24-13-11-21(12-14-24)29-27(32)20-9-15-26(25(28)17-20)31-38(35,36)23-6-4-3-5-7-23/h3-17,30-31H,1-2H3,(H,29,32). The van der Waals surface area contributed by atoms with Crippen molar-refractivity contribution in [3.8, 4) is 0 Å². The van der Waals surface area contributed by atoms with E-state index in [-0.39, 0.29) is 26.1 Å². The quantitative estimate of drug-likeness (QED) is 0.247. The molecule has 4 aromatic carbocycles. The summed E-state index contributed by atoms with van der Waals surface area (Å²) in [6, 6.07) is 23.0. The fourth-order valence-corrected chi connectivity index (χ4v) is 5.92. The Morgan fingerprint density at radius 1 is 0.658 bits per heavy atom. The molecular weight excluding hydrogens is 546 g/mol. The third-order valence-electron chi connectivity index (χ3n) is 5.71. The molecule has 38 heavy (non-hydrogen) atoms. The second-order valence-electron chi connectivity index (χ2n) is 8.50. The van der Waals surface area contributed by atoms with Crippen molar-refractivity contribution in [2.24, 2.45) is 0 Å². The number of aryl methyl sites for hydroxylation is 2. The Morgan fingerprint density at radius 2 is 1.26 bits per heavy atom. The Balaban J connectivity index is 1.44. The fourth-order valence-electron chi connectivity index (χ4n) is 3.48. The number of hydrogen-bond acceptors (Lipinski definition) is 5. The summed E-state index contributed by atoms with van der Waals surface area (Å²) in [4.78, 5) is 12.8. The molecule has 0 aliphatic heterocycles. The van der Waals surface area contributed by atoms with E-state index >= 15 is 0 Å². The SMILES string of the molecule is Cc1ccc(NS(=O)(=O)c2ccc(NC(=O)c3ccc(NS(=O)(=O)c4ccccc4)c(Cl)c3)cc2)cc1C. The van der Waals surface area contributed by atoms with Crippen molar-refractivity contribution in [2.75, 3.05) is 14.8 Å². The first-order valence-electron chi connectivity index (χ1n) is 11.3. The summed E-state index contributed by atoms with van der Waals surface area (Å²) in [5.41, 5.74) is 3.15. The molecule has 0 bridgehead atoms. The predicted octanol–water partition coefficient (Wildman–Crippen LogP) is 5.81. The number of carbonyl (C=O) groups is 1. The number of anilines is 3. The van der Waals surface area contributed by atoms with Gasteiger partial charge in [0.1, 0.15) is 0 Å². The average Bonchev–Trinajstić information content (AvgIpc) is 2.88. The minimum atomic E-state index is -3.85. The molecule has 11 heteroatoms. The smallest absolute Gasteiger partial charge is 0.261 e. The van der Waals surface area contributed by atoms with E-state index in [0.717, 1.165) is 11.1 Å². The normalized spacial score (nSPS) is 11.6. The highest BCUT2D eigenvalue weighted by atomic mass is 35.5. The molecule has 3 N–H and O–H groups in total. The van der Waals surface area contributed by atoms with Gasteiger partial charge in [0.25, 0.3) is 26.0 Å². The van der Waals surface area contributed by atoms with Crippen LogP contribution in [0.2, 0.25) is 5.02 Å². The number of carbonyl (C=O) groups excluding carboxylic acids is 1. The first-order valence-corrected chi connectivity index (χ1v) is 14.7. The minimum absolute atomic E-state index is 0.0341. The Hall–Kier alpha value is -3.86. The zero-order chi connectivity index (χ0) is 27.5. The maximum atomic E-state index is 12.7. The molecule has 0 spiro atoms. The van der Waals surface area contributed by atoms with E-state index in [1.165, 1.54) is 54.6 Å². The molecule has 0 saturated heterocycles. The van der Waals surface area contributed by atoms with Crippen molar-refractivity contribution >= 4 is 54.6 Å². The molecule has 4 aromatic rings. The van der Waals surface area contributed by atoms with Gasteiger partial charge in [-0.1, -0.05) is 35.9 Å². The van der Waals surface area contributed by atoms with Crippen molar-refractivity contribution in [1.82, 2.24) is 0 Å². The number of halogens is 1. The van der Waals surface area contributed by atoms with Crippen LogP contribution < -0.4 is 14.8 Å². The van der Waals surface area contributed by atoms with Crippen LogP contribution >= 0.6 is 11.6 Å². The molecule has 8 nitrogen and oxygen atoms in total. The van der Waals surface area contributed by atoms with Gasteiger partial charge < -0.3 is 5.32 Å². The van der Waals surface area contributed by atoms with E-state index in [1.807, 2.05) is 19.9 Å². The molecule has 0 atom stereocenters.